The number of benzene rings is 2. The minimum absolute atomic E-state index is 0.00829. The first kappa shape index (κ1) is 37.8. The molecule has 54 heavy (non-hydrogen) atoms. The van der Waals surface area contributed by atoms with Crippen LogP contribution in [-0.4, -0.2) is 46.3 Å². The highest BCUT2D eigenvalue weighted by atomic mass is 19.4. The Morgan fingerprint density at radius 3 is 2.52 bits per heavy atom. The lowest BCUT2D eigenvalue weighted by atomic mass is 9.45. The van der Waals surface area contributed by atoms with E-state index in [0.717, 1.165) is 41.7 Å². The van der Waals surface area contributed by atoms with Crippen molar-refractivity contribution in [3.05, 3.63) is 87.6 Å². The molecule has 1 saturated heterocycles. The number of urea groups is 1. The van der Waals surface area contributed by atoms with E-state index in [-0.39, 0.29) is 47.2 Å². The van der Waals surface area contributed by atoms with Gasteiger partial charge in [0.05, 0.1) is 40.6 Å². The van der Waals surface area contributed by atoms with E-state index in [2.05, 4.69) is 40.1 Å². The summed E-state index contributed by atoms with van der Waals surface area (Å²) in [6, 6.07) is 5.14. The number of nitrogens with zero attached hydrogens (tertiary/aromatic N) is 2. The standard InChI is InChI=1S/C37H42BF5N6O5/c1-6-28(38-53-29-23-13-21(34(23,2)3)15-36(29,5)54-38)47-30(50)27-16-35(4,48-33(52)46-25-11-10-22(39)14-24(25)40)32-45-18-26(31(51)49(27)32)44-17-19-8-7-9-20(12-19)37(41,42)43/h7-12,14,18,21,23,27-29,44H,6,13,15-17H2,1-5H3,(H,47,50)(H2,46,48,52)/t21?,23?,27-,28-,29+,35+,36-/m0/s1. The van der Waals surface area contributed by atoms with E-state index in [1.54, 1.807) is 6.92 Å². The lowest BCUT2D eigenvalue weighted by Crippen LogP contribution is -2.63. The van der Waals surface area contributed by atoms with Crippen LogP contribution in [0.1, 0.15) is 83.3 Å². The number of nitrogens with one attached hydrogen (secondary N) is 4. The average molecular weight is 757 g/mol. The Kier molecular flexibility index (Phi) is 9.35. The van der Waals surface area contributed by atoms with Gasteiger partial charge in [-0.1, -0.05) is 32.9 Å². The fourth-order valence-electron chi connectivity index (χ4n) is 8.78. The summed E-state index contributed by atoms with van der Waals surface area (Å²) in [5.74, 6) is -2.19. The normalized spacial score (nSPS) is 28.4. The van der Waals surface area contributed by atoms with Crippen molar-refractivity contribution < 1.29 is 40.8 Å². The second kappa shape index (κ2) is 13.4. The van der Waals surface area contributed by atoms with Crippen molar-refractivity contribution in [3.63, 3.8) is 0 Å². The fraction of sp³-hybridized carbons (Fsp3) is 0.514. The minimum Gasteiger partial charge on any atom is -0.404 e. The van der Waals surface area contributed by atoms with Gasteiger partial charge < -0.3 is 30.6 Å². The quantitative estimate of drug-likeness (QED) is 0.149. The molecule has 3 heterocycles. The first-order valence-electron chi connectivity index (χ1n) is 18.0. The van der Waals surface area contributed by atoms with E-state index in [0.29, 0.717) is 24.3 Å². The Morgan fingerprint density at radius 2 is 1.83 bits per heavy atom. The van der Waals surface area contributed by atoms with Gasteiger partial charge in [-0.2, -0.15) is 13.2 Å². The highest BCUT2D eigenvalue weighted by Crippen LogP contribution is 2.64. The van der Waals surface area contributed by atoms with Crippen LogP contribution in [0.15, 0.2) is 53.5 Å². The average Bonchev–Trinajstić information content (AvgIpc) is 3.62. The predicted octanol–water partition coefficient (Wildman–Crippen LogP) is 6.30. The Hall–Kier alpha value is -4.51. The second-order valence-electron chi connectivity index (χ2n) is 15.9. The number of anilines is 2. The van der Waals surface area contributed by atoms with Crippen LogP contribution < -0.4 is 26.8 Å². The van der Waals surface area contributed by atoms with Crippen LogP contribution in [0.25, 0.3) is 0 Å². The highest BCUT2D eigenvalue weighted by Gasteiger charge is 2.67. The Balaban J connectivity index is 1.15. The monoisotopic (exact) mass is 756 g/mol. The molecule has 8 rings (SSSR count). The van der Waals surface area contributed by atoms with Gasteiger partial charge in [-0.15, -0.1) is 0 Å². The van der Waals surface area contributed by atoms with Gasteiger partial charge in [0.15, 0.2) is 0 Å². The molecule has 3 amide bonds. The Morgan fingerprint density at radius 1 is 1.07 bits per heavy atom. The van der Waals surface area contributed by atoms with Crippen molar-refractivity contribution in [2.45, 2.75) is 102 Å². The van der Waals surface area contributed by atoms with Crippen LogP contribution in [-0.2, 0) is 32.4 Å². The molecule has 0 spiro atoms. The molecule has 3 aliphatic carbocycles. The SMILES string of the molecule is CC[C@H](NC(=O)[C@@H]1C[C@@](C)(NC(=O)Nc2ccc(F)cc2F)c2ncc(NCc3cccc(C(F)(F)F)c3)c(=O)n21)B1O[C@@H]2C3CC(C[C@]2(C)O1)C3(C)C. The van der Waals surface area contributed by atoms with Crippen molar-refractivity contribution in [2.24, 2.45) is 17.3 Å². The van der Waals surface area contributed by atoms with Crippen LogP contribution >= 0.6 is 0 Å². The number of aromatic nitrogens is 2. The number of carbonyl (C=O) groups is 2. The Labute approximate surface area is 308 Å². The molecule has 1 aromatic heterocycles. The summed E-state index contributed by atoms with van der Waals surface area (Å²) in [4.78, 5) is 46.1. The third-order valence-corrected chi connectivity index (χ3v) is 11.9. The molecule has 4 N–H and O–H groups in total. The number of hydrogen-bond acceptors (Lipinski definition) is 7. The molecule has 3 aromatic rings. The summed E-state index contributed by atoms with van der Waals surface area (Å²) in [5.41, 5.74) is -3.55. The third kappa shape index (κ3) is 6.62. The number of fused-ring (bicyclic) bond motifs is 1. The molecule has 4 fully saturated rings. The van der Waals surface area contributed by atoms with Crippen LogP contribution in [0.3, 0.4) is 0 Å². The molecular weight excluding hydrogens is 714 g/mol. The molecule has 7 atom stereocenters. The maximum atomic E-state index is 14.4. The zero-order chi connectivity index (χ0) is 39.0. The largest absolute Gasteiger partial charge is 0.481 e. The van der Waals surface area contributed by atoms with E-state index in [1.165, 1.54) is 18.3 Å². The predicted molar refractivity (Wildman–Crippen MR) is 189 cm³/mol. The zero-order valence-corrected chi connectivity index (χ0v) is 30.4. The van der Waals surface area contributed by atoms with Crippen molar-refractivity contribution >= 4 is 30.4 Å². The van der Waals surface area contributed by atoms with Crippen LogP contribution in [0.5, 0.6) is 0 Å². The smallest absolute Gasteiger partial charge is 0.404 e. The van der Waals surface area contributed by atoms with Gasteiger partial charge in [0.1, 0.15) is 29.2 Å². The second-order valence-corrected chi connectivity index (χ2v) is 15.9. The van der Waals surface area contributed by atoms with Crippen LogP contribution in [0, 0.1) is 28.9 Å². The summed E-state index contributed by atoms with van der Waals surface area (Å²) in [5, 5.41) is 10.9. The van der Waals surface area contributed by atoms with Gasteiger partial charge in [0, 0.05) is 19.0 Å². The van der Waals surface area contributed by atoms with Crippen LogP contribution in [0.2, 0.25) is 0 Å². The van der Waals surface area contributed by atoms with E-state index in [1.807, 2.05) is 13.8 Å². The van der Waals surface area contributed by atoms with E-state index < -0.39 is 71.1 Å². The maximum Gasteiger partial charge on any atom is 0.481 e. The lowest BCUT2D eigenvalue weighted by molar-refractivity contribution is -0.185. The number of halogens is 5. The summed E-state index contributed by atoms with van der Waals surface area (Å²) >= 11 is 0. The molecule has 17 heteroatoms. The molecule has 11 nitrogen and oxygen atoms in total. The van der Waals surface area contributed by atoms with Crippen LogP contribution in [0.4, 0.5) is 38.1 Å². The third-order valence-electron chi connectivity index (χ3n) is 11.9. The lowest BCUT2D eigenvalue weighted by Gasteiger charge is -2.63. The molecule has 2 bridgehead atoms. The van der Waals surface area contributed by atoms with Gasteiger partial charge in [-0.05, 0) is 80.2 Å². The Bertz CT molecular complexity index is 2050. The van der Waals surface area contributed by atoms with Crippen molar-refractivity contribution in [3.8, 4) is 0 Å². The molecule has 3 saturated carbocycles. The van der Waals surface area contributed by atoms with Crippen molar-refractivity contribution in [1.82, 2.24) is 20.2 Å². The first-order valence-corrected chi connectivity index (χ1v) is 18.0. The van der Waals surface area contributed by atoms with Gasteiger partial charge in [0.25, 0.3) is 5.56 Å². The highest BCUT2D eigenvalue weighted by molar-refractivity contribution is 6.47. The van der Waals surface area contributed by atoms with Crippen molar-refractivity contribution in [2.75, 3.05) is 10.6 Å². The summed E-state index contributed by atoms with van der Waals surface area (Å²) < 4.78 is 82.1. The molecule has 2 aromatic carbocycles. The fourth-order valence-corrected chi connectivity index (χ4v) is 8.78. The zero-order valence-electron chi connectivity index (χ0n) is 30.4. The van der Waals surface area contributed by atoms with Gasteiger partial charge >= 0.3 is 19.3 Å². The molecule has 5 aliphatic rings. The number of rotatable bonds is 9. The van der Waals surface area contributed by atoms with E-state index in [4.69, 9.17) is 9.31 Å². The molecular formula is C37H42BF5N6O5. The number of amides is 3. The topological polar surface area (TPSA) is 136 Å². The number of hydrogen-bond donors (Lipinski definition) is 4. The summed E-state index contributed by atoms with van der Waals surface area (Å²) in [6.45, 7) is 9.80. The van der Waals surface area contributed by atoms with E-state index in [9.17, 15) is 36.3 Å². The van der Waals surface area contributed by atoms with E-state index >= 15 is 0 Å². The first-order chi connectivity index (χ1) is 25.3. The summed E-state index contributed by atoms with van der Waals surface area (Å²) in [7, 11) is -0.749. The minimum atomic E-state index is -4.56. The van der Waals surface area contributed by atoms with Crippen molar-refractivity contribution in [1.29, 1.82) is 0 Å². The van der Waals surface area contributed by atoms with Gasteiger partial charge in [0.2, 0.25) is 5.91 Å². The summed E-state index contributed by atoms with van der Waals surface area (Å²) in [6.07, 6.45) is -1.35. The maximum absolute atomic E-state index is 14.4. The molecule has 0 radical (unpaired) electrons. The molecule has 2 unspecified atom stereocenters. The van der Waals surface area contributed by atoms with Gasteiger partial charge in [-0.3, -0.25) is 14.2 Å². The molecule has 288 valence electrons. The number of alkyl halides is 3. The molecule has 2 aliphatic heterocycles. The van der Waals surface area contributed by atoms with Gasteiger partial charge in [-0.25, -0.2) is 18.6 Å². The number of carbonyl (C=O) groups excluding carboxylic acids is 2.